The summed E-state index contributed by atoms with van der Waals surface area (Å²) < 4.78 is 6.78. The first-order chi connectivity index (χ1) is 24.3. The highest BCUT2D eigenvalue weighted by Gasteiger charge is 2.17. The number of nitrogens with zero attached hydrogens (tertiary/aromatic N) is 3. The highest BCUT2D eigenvalue weighted by molar-refractivity contribution is 6.13. The van der Waals surface area contributed by atoms with Crippen LogP contribution in [0.5, 0.6) is 0 Å². The maximum Gasteiger partial charge on any atom is 0.164 e. The Bertz CT molecular complexity index is 2520. The SMILES string of the molecule is c1ccc(-c2cccc(-c3cccc4c3oc3c(-c5ccc(-c6nc(-c7ccccc7)nc(-c7ccccc7)n6)cc5)cccc34)c2)cc1. The number of hydrogen-bond donors (Lipinski definition) is 0. The minimum atomic E-state index is 0.628. The first-order valence-corrected chi connectivity index (χ1v) is 16.4. The fourth-order valence-corrected chi connectivity index (χ4v) is 6.51. The van der Waals surface area contributed by atoms with Crippen molar-refractivity contribution in [1.82, 2.24) is 15.0 Å². The van der Waals surface area contributed by atoms with Crippen LogP contribution in [0.15, 0.2) is 180 Å². The maximum atomic E-state index is 6.78. The number of fused-ring (bicyclic) bond motifs is 3. The van der Waals surface area contributed by atoms with E-state index in [1.54, 1.807) is 0 Å². The molecule has 0 fully saturated rings. The summed E-state index contributed by atoms with van der Waals surface area (Å²) >= 11 is 0. The second kappa shape index (κ2) is 12.2. The van der Waals surface area contributed by atoms with Crippen molar-refractivity contribution in [3.05, 3.63) is 176 Å². The van der Waals surface area contributed by atoms with Crippen LogP contribution in [-0.2, 0) is 0 Å². The number of aromatic nitrogens is 3. The molecule has 9 rings (SSSR count). The van der Waals surface area contributed by atoms with Crippen molar-refractivity contribution < 1.29 is 4.42 Å². The zero-order valence-corrected chi connectivity index (χ0v) is 26.5. The molecule has 4 heteroatoms. The van der Waals surface area contributed by atoms with Gasteiger partial charge in [-0.25, -0.2) is 15.0 Å². The molecule has 9 aromatic rings. The molecule has 0 aliphatic rings. The van der Waals surface area contributed by atoms with E-state index >= 15 is 0 Å². The first kappa shape index (κ1) is 28.6. The summed E-state index contributed by atoms with van der Waals surface area (Å²) in [5.74, 6) is 1.92. The van der Waals surface area contributed by atoms with Crippen LogP contribution in [0.25, 0.3) is 89.5 Å². The summed E-state index contributed by atoms with van der Waals surface area (Å²) in [5.41, 5.74) is 11.2. The molecule has 0 amide bonds. The molecular formula is C45H29N3O. The van der Waals surface area contributed by atoms with E-state index in [0.717, 1.165) is 60.9 Å². The Labute approximate surface area is 284 Å². The number of para-hydroxylation sites is 2. The zero-order chi connectivity index (χ0) is 32.6. The first-order valence-electron chi connectivity index (χ1n) is 16.4. The molecule has 0 aliphatic heterocycles. The van der Waals surface area contributed by atoms with Gasteiger partial charge in [0.25, 0.3) is 0 Å². The van der Waals surface area contributed by atoms with Gasteiger partial charge in [0.1, 0.15) is 11.2 Å². The molecule has 49 heavy (non-hydrogen) atoms. The Morgan fingerprint density at radius 1 is 0.286 bits per heavy atom. The summed E-state index contributed by atoms with van der Waals surface area (Å²) in [6.45, 7) is 0. The molecule has 4 nitrogen and oxygen atoms in total. The van der Waals surface area contributed by atoms with Crippen LogP contribution in [-0.4, -0.2) is 15.0 Å². The topological polar surface area (TPSA) is 51.8 Å². The molecule has 0 saturated carbocycles. The van der Waals surface area contributed by atoms with E-state index in [1.165, 1.54) is 11.1 Å². The minimum absolute atomic E-state index is 0.628. The normalized spacial score (nSPS) is 11.3. The molecule has 7 aromatic carbocycles. The van der Waals surface area contributed by atoms with Gasteiger partial charge in [0.05, 0.1) is 0 Å². The molecule has 0 spiro atoms. The van der Waals surface area contributed by atoms with E-state index in [2.05, 4.69) is 109 Å². The second-order valence-corrected chi connectivity index (χ2v) is 12.0. The van der Waals surface area contributed by atoms with Gasteiger partial charge in [0.2, 0.25) is 0 Å². The molecule has 2 heterocycles. The van der Waals surface area contributed by atoms with E-state index in [9.17, 15) is 0 Å². The largest absolute Gasteiger partial charge is 0.455 e. The van der Waals surface area contributed by atoms with E-state index < -0.39 is 0 Å². The molecule has 2 aromatic heterocycles. The summed E-state index contributed by atoms with van der Waals surface area (Å²) in [4.78, 5) is 14.6. The number of benzene rings is 7. The van der Waals surface area contributed by atoms with Crippen LogP contribution in [0.3, 0.4) is 0 Å². The summed E-state index contributed by atoms with van der Waals surface area (Å²) in [5, 5.41) is 2.19. The minimum Gasteiger partial charge on any atom is -0.455 e. The Balaban J connectivity index is 1.12. The van der Waals surface area contributed by atoms with E-state index in [1.807, 2.05) is 66.7 Å². The van der Waals surface area contributed by atoms with Crippen LogP contribution < -0.4 is 0 Å². The number of hydrogen-bond acceptors (Lipinski definition) is 4. The molecule has 0 radical (unpaired) electrons. The van der Waals surface area contributed by atoms with Crippen molar-refractivity contribution >= 4 is 21.9 Å². The van der Waals surface area contributed by atoms with E-state index in [-0.39, 0.29) is 0 Å². The highest BCUT2D eigenvalue weighted by atomic mass is 16.3. The molecule has 0 bridgehead atoms. The zero-order valence-electron chi connectivity index (χ0n) is 26.5. The predicted octanol–water partition coefficient (Wildman–Crippen LogP) is 11.8. The van der Waals surface area contributed by atoms with Crippen LogP contribution in [0.1, 0.15) is 0 Å². The molecule has 0 saturated heterocycles. The fourth-order valence-electron chi connectivity index (χ4n) is 6.51. The van der Waals surface area contributed by atoms with Crippen molar-refractivity contribution in [2.24, 2.45) is 0 Å². The lowest BCUT2D eigenvalue weighted by Gasteiger charge is -2.09. The average Bonchev–Trinajstić information content (AvgIpc) is 3.58. The lowest BCUT2D eigenvalue weighted by molar-refractivity contribution is 0.671. The molecule has 0 unspecified atom stereocenters. The van der Waals surface area contributed by atoms with Crippen LogP contribution in [0.2, 0.25) is 0 Å². The van der Waals surface area contributed by atoms with E-state index in [0.29, 0.717) is 17.5 Å². The Morgan fingerprint density at radius 2 is 0.673 bits per heavy atom. The van der Waals surface area contributed by atoms with Gasteiger partial charge in [0.15, 0.2) is 17.5 Å². The van der Waals surface area contributed by atoms with Crippen molar-refractivity contribution in [1.29, 1.82) is 0 Å². The van der Waals surface area contributed by atoms with Crippen molar-refractivity contribution in [3.8, 4) is 67.5 Å². The quantitative estimate of drug-likeness (QED) is 0.184. The summed E-state index contributed by atoms with van der Waals surface area (Å²) in [6, 6.07) is 60.4. The fraction of sp³-hybridized carbons (Fsp3) is 0. The van der Waals surface area contributed by atoms with Crippen molar-refractivity contribution in [2.45, 2.75) is 0 Å². The van der Waals surface area contributed by atoms with Gasteiger partial charge >= 0.3 is 0 Å². The van der Waals surface area contributed by atoms with Gasteiger partial charge in [-0.2, -0.15) is 0 Å². The van der Waals surface area contributed by atoms with Crippen LogP contribution >= 0.6 is 0 Å². The molecule has 0 atom stereocenters. The van der Waals surface area contributed by atoms with Crippen molar-refractivity contribution in [3.63, 3.8) is 0 Å². The van der Waals surface area contributed by atoms with Crippen LogP contribution in [0, 0.1) is 0 Å². The second-order valence-electron chi connectivity index (χ2n) is 12.0. The third-order valence-electron chi connectivity index (χ3n) is 8.96. The van der Waals surface area contributed by atoms with Gasteiger partial charge in [-0.3, -0.25) is 0 Å². The Hall–Kier alpha value is -6.65. The third-order valence-corrected chi connectivity index (χ3v) is 8.96. The number of furan rings is 1. The van der Waals surface area contributed by atoms with Gasteiger partial charge in [-0.05, 0) is 28.3 Å². The van der Waals surface area contributed by atoms with Crippen LogP contribution in [0.4, 0.5) is 0 Å². The molecule has 0 N–H and O–H groups in total. The molecule has 0 aliphatic carbocycles. The van der Waals surface area contributed by atoms with Crippen molar-refractivity contribution in [2.75, 3.05) is 0 Å². The summed E-state index contributed by atoms with van der Waals surface area (Å²) in [6.07, 6.45) is 0. The Kier molecular flexibility index (Phi) is 7.10. The van der Waals surface area contributed by atoms with E-state index in [4.69, 9.17) is 19.4 Å². The average molecular weight is 628 g/mol. The van der Waals surface area contributed by atoms with Gasteiger partial charge in [-0.1, -0.05) is 170 Å². The molecular weight excluding hydrogens is 599 g/mol. The predicted molar refractivity (Wildman–Crippen MR) is 200 cm³/mol. The molecule has 230 valence electrons. The maximum absolute atomic E-state index is 6.78. The smallest absolute Gasteiger partial charge is 0.164 e. The highest BCUT2D eigenvalue weighted by Crippen LogP contribution is 2.40. The van der Waals surface area contributed by atoms with Gasteiger partial charge in [-0.15, -0.1) is 0 Å². The third kappa shape index (κ3) is 5.35. The number of rotatable bonds is 6. The van der Waals surface area contributed by atoms with Gasteiger partial charge in [0, 0.05) is 38.6 Å². The van der Waals surface area contributed by atoms with Gasteiger partial charge < -0.3 is 4.42 Å². The lowest BCUT2D eigenvalue weighted by atomic mass is 9.97. The monoisotopic (exact) mass is 627 g/mol. The standard InChI is InChI=1S/C45H29N3O/c1-4-13-30(14-5-1)35-19-10-20-36(29-35)38-22-12-24-40-39-23-11-21-37(41(39)49-42(38)40)31-25-27-34(28-26-31)45-47-43(32-15-6-2-7-16-32)46-44(48-45)33-17-8-3-9-18-33/h1-29H. The Morgan fingerprint density at radius 3 is 1.20 bits per heavy atom. The summed E-state index contributed by atoms with van der Waals surface area (Å²) in [7, 11) is 0. The lowest BCUT2D eigenvalue weighted by Crippen LogP contribution is -2.00.